The molecule has 2 heterocycles. The normalized spacial score (nSPS) is 13.2. The molecular formula is C25H26N2O3S. The molecule has 0 radical (unpaired) electrons. The van der Waals surface area contributed by atoms with Crippen LogP contribution in [0.25, 0.3) is 10.4 Å². The number of likely N-dealkylation sites (tertiary alicyclic amines) is 1. The van der Waals surface area contributed by atoms with Crippen molar-refractivity contribution in [2.75, 3.05) is 19.6 Å². The van der Waals surface area contributed by atoms with Crippen LogP contribution >= 0.6 is 11.3 Å². The van der Waals surface area contributed by atoms with Gasteiger partial charge >= 0.3 is 0 Å². The lowest BCUT2D eigenvalue weighted by molar-refractivity contribution is -0.129. The molecule has 31 heavy (non-hydrogen) atoms. The molecule has 6 heteroatoms. The highest BCUT2D eigenvalue weighted by Crippen LogP contribution is 2.36. The third-order valence-corrected chi connectivity index (χ3v) is 6.45. The number of nitrogens with one attached hydrogen (secondary N) is 1. The van der Waals surface area contributed by atoms with Crippen LogP contribution in [0, 0.1) is 0 Å². The molecule has 1 aromatic heterocycles. The van der Waals surface area contributed by atoms with E-state index in [1.54, 1.807) is 0 Å². The van der Waals surface area contributed by atoms with E-state index in [1.807, 2.05) is 71.6 Å². The summed E-state index contributed by atoms with van der Waals surface area (Å²) < 4.78 is 6.03. The molecule has 0 unspecified atom stereocenters. The van der Waals surface area contributed by atoms with Crippen molar-refractivity contribution in [1.82, 2.24) is 10.2 Å². The molecule has 0 spiro atoms. The lowest BCUT2D eigenvalue weighted by atomic mass is 10.2. The van der Waals surface area contributed by atoms with E-state index in [0.29, 0.717) is 30.2 Å². The van der Waals surface area contributed by atoms with Gasteiger partial charge in [0.1, 0.15) is 17.2 Å². The number of hydrogen-bond donors (Lipinski definition) is 1. The van der Waals surface area contributed by atoms with Crippen LogP contribution in [0.2, 0.25) is 0 Å². The number of nitrogens with zero attached hydrogens (tertiary/aromatic N) is 1. The summed E-state index contributed by atoms with van der Waals surface area (Å²) in [4.78, 5) is 28.5. The van der Waals surface area contributed by atoms with Crippen LogP contribution in [0.1, 0.15) is 34.5 Å². The molecule has 3 aromatic rings. The highest BCUT2D eigenvalue weighted by molar-refractivity contribution is 7.17. The zero-order valence-corrected chi connectivity index (χ0v) is 18.2. The smallest absolute Gasteiger partial charge is 0.265 e. The monoisotopic (exact) mass is 434 g/mol. The molecule has 1 N–H and O–H groups in total. The molecule has 0 aliphatic carbocycles. The Morgan fingerprint density at radius 1 is 0.968 bits per heavy atom. The van der Waals surface area contributed by atoms with E-state index in [9.17, 15) is 9.59 Å². The molecule has 1 aliphatic rings. The summed E-state index contributed by atoms with van der Waals surface area (Å²) in [5.74, 6) is 0.468. The summed E-state index contributed by atoms with van der Waals surface area (Å²) >= 11 is 1.41. The number of benzene rings is 2. The zero-order valence-electron chi connectivity index (χ0n) is 17.4. The fourth-order valence-corrected chi connectivity index (χ4v) is 4.63. The largest absolute Gasteiger partial charge is 0.487 e. The number of thiophene rings is 1. The summed E-state index contributed by atoms with van der Waals surface area (Å²) in [5.41, 5.74) is 2.08. The fraction of sp³-hybridized carbons (Fsp3) is 0.280. The minimum absolute atomic E-state index is 0.106. The van der Waals surface area contributed by atoms with Crippen molar-refractivity contribution in [3.05, 3.63) is 77.2 Å². The van der Waals surface area contributed by atoms with Crippen LogP contribution in [-0.2, 0) is 11.4 Å². The number of ether oxygens (including phenoxy) is 1. The van der Waals surface area contributed by atoms with Gasteiger partial charge in [-0.25, -0.2) is 0 Å². The van der Waals surface area contributed by atoms with Crippen LogP contribution in [0.3, 0.4) is 0 Å². The first kappa shape index (κ1) is 21.1. The minimum atomic E-state index is -0.204. The highest BCUT2D eigenvalue weighted by Gasteiger charge is 2.21. The SMILES string of the molecule is O=C(NCCC(=O)N1CCCC1)c1sc(-c2ccccc2)cc1OCc1ccccc1. The molecule has 1 aliphatic heterocycles. The van der Waals surface area contributed by atoms with Gasteiger partial charge in [-0.1, -0.05) is 60.7 Å². The Hall–Kier alpha value is -3.12. The third-order valence-electron chi connectivity index (χ3n) is 5.28. The second-order valence-electron chi connectivity index (χ2n) is 7.54. The van der Waals surface area contributed by atoms with Crippen molar-refractivity contribution in [1.29, 1.82) is 0 Å². The third kappa shape index (κ3) is 5.52. The van der Waals surface area contributed by atoms with E-state index >= 15 is 0 Å². The molecule has 2 amide bonds. The lowest BCUT2D eigenvalue weighted by Crippen LogP contribution is -2.32. The van der Waals surface area contributed by atoms with Crippen LogP contribution in [-0.4, -0.2) is 36.3 Å². The van der Waals surface area contributed by atoms with Crippen molar-refractivity contribution >= 4 is 23.2 Å². The van der Waals surface area contributed by atoms with Crippen LogP contribution in [0.15, 0.2) is 66.7 Å². The first-order chi connectivity index (χ1) is 15.2. The van der Waals surface area contributed by atoms with Gasteiger partial charge in [-0.05, 0) is 30.0 Å². The maximum Gasteiger partial charge on any atom is 0.265 e. The summed E-state index contributed by atoms with van der Waals surface area (Å²) in [7, 11) is 0. The molecule has 1 fully saturated rings. The van der Waals surface area contributed by atoms with Crippen molar-refractivity contribution < 1.29 is 14.3 Å². The molecule has 4 rings (SSSR count). The van der Waals surface area contributed by atoms with Gasteiger partial charge in [0.05, 0.1) is 0 Å². The van der Waals surface area contributed by atoms with Gasteiger partial charge in [0.25, 0.3) is 5.91 Å². The molecule has 5 nitrogen and oxygen atoms in total. The van der Waals surface area contributed by atoms with Crippen LogP contribution in [0.4, 0.5) is 0 Å². The van der Waals surface area contributed by atoms with Gasteiger partial charge in [-0.2, -0.15) is 0 Å². The maximum atomic E-state index is 12.9. The van der Waals surface area contributed by atoms with Crippen molar-refractivity contribution in [2.24, 2.45) is 0 Å². The predicted molar refractivity (Wildman–Crippen MR) is 123 cm³/mol. The van der Waals surface area contributed by atoms with Crippen LogP contribution in [0.5, 0.6) is 5.75 Å². The Kier molecular flexibility index (Phi) is 6.99. The number of carbonyl (C=O) groups excluding carboxylic acids is 2. The Labute approximate surface area is 186 Å². The topological polar surface area (TPSA) is 58.6 Å². The fourth-order valence-electron chi connectivity index (χ4n) is 3.61. The minimum Gasteiger partial charge on any atom is -0.487 e. The first-order valence-electron chi connectivity index (χ1n) is 10.6. The lowest BCUT2D eigenvalue weighted by Gasteiger charge is -2.15. The number of rotatable bonds is 8. The van der Waals surface area contributed by atoms with Crippen molar-refractivity contribution in [3.63, 3.8) is 0 Å². The van der Waals surface area contributed by atoms with E-state index in [2.05, 4.69) is 5.32 Å². The number of hydrogen-bond acceptors (Lipinski definition) is 4. The van der Waals surface area contributed by atoms with Gasteiger partial charge in [-0.3, -0.25) is 9.59 Å². The standard InChI is InChI=1S/C25H26N2O3S/c28-23(27-15-7-8-16-27)13-14-26-25(29)24-21(30-18-19-9-3-1-4-10-19)17-22(31-24)20-11-5-2-6-12-20/h1-6,9-12,17H,7-8,13-16,18H2,(H,26,29). The second-order valence-corrected chi connectivity index (χ2v) is 8.59. The first-order valence-corrected chi connectivity index (χ1v) is 11.4. The molecule has 2 aromatic carbocycles. The molecular weight excluding hydrogens is 408 g/mol. The number of carbonyl (C=O) groups is 2. The van der Waals surface area contributed by atoms with E-state index in [0.717, 1.165) is 41.9 Å². The Morgan fingerprint density at radius 3 is 2.35 bits per heavy atom. The Morgan fingerprint density at radius 2 is 1.65 bits per heavy atom. The molecule has 160 valence electrons. The molecule has 1 saturated heterocycles. The Bertz CT molecular complexity index is 1010. The average Bonchev–Trinajstić information content (AvgIpc) is 3.49. The predicted octanol–water partition coefficient (Wildman–Crippen LogP) is 4.74. The average molecular weight is 435 g/mol. The quantitative estimate of drug-likeness (QED) is 0.557. The highest BCUT2D eigenvalue weighted by atomic mass is 32.1. The van der Waals surface area contributed by atoms with Crippen molar-refractivity contribution in [2.45, 2.75) is 25.9 Å². The second kappa shape index (κ2) is 10.3. The van der Waals surface area contributed by atoms with Gasteiger partial charge in [0, 0.05) is 30.9 Å². The summed E-state index contributed by atoms with van der Waals surface area (Å²) in [6.07, 6.45) is 2.46. The van der Waals surface area contributed by atoms with Gasteiger partial charge < -0.3 is 15.0 Å². The maximum absolute atomic E-state index is 12.9. The van der Waals surface area contributed by atoms with Crippen molar-refractivity contribution in [3.8, 4) is 16.2 Å². The van der Waals surface area contributed by atoms with Gasteiger partial charge in [-0.15, -0.1) is 11.3 Å². The van der Waals surface area contributed by atoms with Crippen LogP contribution < -0.4 is 10.1 Å². The van der Waals surface area contributed by atoms with E-state index in [4.69, 9.17) is 4.74 Å². The zero-order chi connectivity index (χ0) is 21.5. The number of amides is 2. The Balaban J connectivity index is 1.45. The van der Waals surface area contributed by atoms with E-state index in [-0.39, 0.29) is 11.8 Å². The van der Waals surface area contributed by atoms with Gasteiger partial charge in [0.2, 0.25) is 5.91 Å². The summed E-state index contributed by atoms with van der Waals surface area (Å²) in [6, 6.07) is 21.8. The summed E-state index contributed by atoms with van der Waals surface area (Å²) in [6.45, 7) is 2.37. The summed E-state index contributed by atoms with van der Waals surface area (Å²) in [5, 5.41) is 2.90. The molecule has 0 bridgehead atoms. The molecule has 0 atom stereocenters. The van der Waals surface area contributed by atoms with E-state index < -0.39 is 0 Å². The van der Waals surface area contributed by atoms with E-state index in [1.165, 1.54) is 11.3 Å². The molecule has 0 saturated carbocycles. The van der Waals surface area contributed by atoms with Gasteiger partial charge in [0.15, 0.2) is 0 Å².